The van der Waals surface area contributed by atoms with Crippen LogP contribution in [0.3, 0.4) is 0 Å². The van der Waals surface area contributed by atoms with Crippen LogP contribution in [0, 0.1) is 13.8 Å². The molecule has 1 amide bonds. The number of aromatic nitrogens is 1. The van der Waals surface area contributed by atoms with Crippen molar-refractivity contribution in [3.63, 3.8) is 0 Å². The van der Waals surface area contributed by atoms with Crippen LogP contribution in [0.2, 0.25) is 0 Å². The first-order chi connectivity index (χ1) is 12.1. The fourth-order valence-corrected chi connectivity index (χ4v) is 2.98. The average molecular weight is 336 g/mol. The van der Waals surface area contributed by atoms with E-state index in [9.17, 15) is 4.79 Å². The summed E-state index contributed by atoms with van der Waals surface area (Å²) in [4.78, 5) is 15.5. The fraction of sp³-hybridized carbons (Fsp3) is 0.286. The molecule has 3 rings (SSSR count). The molecule has 1 heterocycles. The lowest BCUT2D eigenvalue weighted by Crippen LogP contribution is -2.27. The third-order valence-electron chi connectivity index (χ3n) is 4.27. The van der Waals surface area contributed by atoms with Crippen molar-refractivity contribution in [3.8, 4) is 5.75 Å². The van der Waals surface area contributed by atoms with Crippen LogP contribution in [0.5, 0.6) is 5.75 Å². The van der Waals surface area contributed by atoms with E-state index in [1.54, 1.807) is 0 Å². The van der Waals surface area contributed by atoms with Gasteiger partial charge in [-0.3, -0.25) is 4.79 Å². The highest BCUT2D eigenvalue weighted by atomic mass is 16.5. The van der Waals surface area contributed by atoms with Gasteiger partial charge in [-0.05, 0) is 49.6 Å². The van der Waals surface area contributed by atoms with E-state index in [1.165, 1.54) is 5.56 Å². The number of H-pyrrole nitrogens is 1. The van der Waals surface area contributed by atoms with Crippen molar-refractivity contribution in [1.82, 2.24) is 10.3 Å². The van der Waals surface area contributed by atoms with Crippen molar-refractivity contribution < 1.29 is 9.53 Å². The molecule has 0 radical (unpaired) electrons. The molecule has 25 heavy (non-hydrogen) atoms. The van der Waals surface area contributed by atoms with Crippen molar-refractivity contribution in [2.24, 2.45) is 0 Å². The van der Waals surface area contributed by atoms with Gasteiger partial charge in [0.1, 0.15) is 5.75 Å². The summed E-state index contributed by atoms with van der Waals surface area (Å²) >= 11 is 0. The first-order valence-electron chi connectivity index (χ1n) is 8.66. The van der Waals surface area contributed by atoms with E-state index >= 15 is 0 Å². The van der Waals surface area contributed by atoms with Gasteiger partial charge in [0.2, 0.25) is 5.91 Å². The van der Waals surface area contributed by atoms with Gasteiger partial charge in [0.25, 0.3) is 0 Å². The Morgan fingerprint density at radius 1 is 1.12 bits per heavy atom. The Balaban J connectivity index is 1.44. The first-order valence-corrected chi connectivity index (χ1v) is 8.66. The lowest BCUT2D eigenvalue weighted by atomic mass is 10.1. The third-order valence-corrected chi connectivity index (χ3v) is 4.27. The van der Waals surface area contributed by atoms with E-state index in [1.807, 2.05) is 56.3 Å². The summed E-state index contributed by atoms with van der Waals surface area (Å²) < 4.78 is 5.69. The Labute approximate surface area is 148 Å². The van der Waals surface area contributed by atoms with E-state index in [0.717, 1.165) is 34.3 Å². The van der Waals surface area contributed by atoms with E-state index < -0.39 is 0 Å². The SMILES string of the molecule is Cc1cccc(OCCCNC(=O)Cc2c(C)[nH]c3ccccc23)c1. The molecule has 0 aliphatic heterocycles. The number of amides is 1. The lowest BCUT2D eigenvalue weighted by Gasteiger charge is -2.08. The van der Waals surface area contributed by atoms with Crippen molar-refractivity contribution in [2.75, 3.05) is 13.2 Å². The van der Waals surface area contributed by atoms with E-state index in [4.69, 9.17) is 4.74 Å². The van der Waals surface area contributed by atoms with Crippen LogP contribution in [0.1, 0.15) is 23.2 Å². The Kier molecular flexibility index (Phi) is 5.39. The first kappa shape index (κ1) is 17.1. The van der Waals surface area contributed by atoms with Crippen molar-refractivity contribution in [3.05, 3.63) is 65.4 Å². The Bertz CT molecular complexity index is 867. The standard InChI is InChI=1S/C21H24N2O2/c1-15-7-5-8-17(13-15)25-12-6-11-22-21(24)14-19-16(2)23-20-10-4-3-9-18(19)20/h3-5,7-10,13,23H,6,11-12,14H2,1-2H3,(H,22,24). The van der Waals surface area contributed by atoms with Gasteiger partial charge in [-0.25, -0.2) is 0 Å². The molecule has 0 saturated heterocycles. The smallest absolute Gasteiger partial charge is 0.224 e. The monoisotopic (exact) mass is 336 g/mol. The van der Waals surface area contributed by atoms with Crippen LogP contribution in [-0.4, -0.2) is 24.0 Å². The summed E-state index contributed by atoms with van der Waals surface area (Å²) in [5.41, 5.74) is 4.39. The minimum absolute atomic E-state index is 0.0448. The molecule has 3 aromatic rings. The number of hydrogen-bond acceptors (Lipinski definition) is 2. The largest absolute Gasteiger partial charge is 0.494 e. The van der Waals surface area contributed by atoms with Crippen LogP contribution in [0.4, 0.5) is 0 Å². The number of hydrogen-bond donors (Lipinski definition) is 2. The number of carbonyl (C=O) groups excluding carboxylic acids is 1. The van der Waals surface area contributed by atoms with Gasteiger partial charge in [0.05, 0.1) is 13.0 Å². The molecular weight excluding hydrogens is 312 g/mol. The van der Waals surface area contributed by atoms with Gasteiger partial charge in [-0.1, -0.05) is 30.3 Å². The maximum Gasteiger partial charge on any atom is 0.224 e. The van der Waals surface area contributed by atoms with Crippen LogP contribution in [-0.2, 0) is 11.2 Å². The Hall–Kier alpha value is -2.75. The minimum Gasteiger partial charge on any atom is -0.494 e. The number of nitrogens with one attached hydrogen (secondary N) is 2. The molecule has 2 aromatic carbocycles. The molecule has 1 aromatic heterocycles. The highest BCUT2D eigenvalue weighted by Gasteiger charge is 2.11. The van der Waals surface area contributed by atoms with Crippen molar-refractivity contribution >= 4 is 16.8 Å². The van der Waals surface area contributed by atoms with Gasteiger partial charge in [0, 0.05) is 23.1 Å². The second kappa shape index (κ2) is 7.88. The van der Waals surface area contributed by atoms with Gasteiger partial charge in [-0.15, -0.1) is 0 Å². The van der Waals surface area contributed by atoms with Gasteiger partial charge in [-0.2, -0.15) is 0 Å². The second-order valence-electron chi connectivity index (χ2n) is 6.32. The van der Waals surface area contributed by atoms with E-state index in [-0.39, 0.29) is 5.91 Å². The summed E-state index contributed by atoms with van der Waals surface area (Å²) in [6.07, 6.45) is 1.18. The molecule has 130 valence electrons. The number of rotatable bonds is 7. The number of fused-ring (bicyclic) bond motifs is 1. The number of para-hydroxylation sites is 1. The van der Waals surface area contributed by atoms with E-state index in [0.29, 0.717) is 19.6 Å². The topological polar surface area (TPSA) is 54.1 Å². The molecule has 4 heteroatoms. The molecule has 4 nitrogen and oxygen atoms in total. The number of aryl methyl sites for hydroxylation is 2. The Morgan fingerprint density at radius 3 is 2.80 bits per heavy atom. The van der Waals surface area contributed by atoms with Crippen LogP contribution in [0.15, 0.2) is 48.5 Å². The quantitative estimate of drug-likeness (QED) is 0.643. The van der Waals surface area contributed by atoms with E-state index in [2.05, 4.69) is 16.4 Å². The molecule has 0 bridgehead atoms. The molecule has 0 unspecified atom stereocenters. The zero-order valence-electron chi connectivity index (χ0n) is 14.8. The predicted molar refractivity (Wildman–Crippen MR) is 101 cm³/mol. The van der Waals surface area contributed by atoms with Crippen molar-refractivity contribution in [1.29, 1.82) is 0 Å². The highest BCUT2D eigenvalue weighted by Crippen LogP contribution is 2.22. The van der Waals surface area contributed by atoms with Gasteiger partial charge in [0.15, 0.2) is 0 Å². The zero-order valence-corrected chi connectivity index (χ0v) is 14.8. The molecular formula is C21H24N2O2. The molecule has 0 aliphatic carbocycles. The molecule has 0 saturated carbocycles. The number of aromatic amines is 1. The molecule has 0 fully saturated rings. The molecule has 0 aliphatic rings. The summed E-state index contributed by atoms with van der Waals surface area (Å²) in [6.45, 7) is 5.26. The van der Waals surface area contributed by atoms with Gasteiger partial charge < -0.3 is 15.0 Å². The zero-order chi connectivity index (χ0) is 17.6. The highest BCUT2D eigenvalue weighted by molar-refractivity contribution is 5.90. The maximum absolute atomic E-state index is 12.2. The third kappa shape index (κ3) is 4.41. The normalized spacial score (nSPS) is 10.8. The molecule has 0 spiro atoms. The number of ether oxygens (including phenoxy) is 1. The van der Waals surface area contributed by atoms with Gasteiger partial charge >= 0.3 is 0 Å². The van der Waals surface area contributed by atoms with Crippen LogP contribution in [0.25, 0.3) is 10.9 Å². The average Bonchev–Trinajstić information content (AvgIpc) is 2.90. The predicted octanol–water partition coefficient (Wildman–Crippen LogP) is 3.91. The fourth-order valence-electron chi connectivity index (χ4n) is 2.98. The summed E-state index contributed by atoms with van der Waals surface area (Å²) in [6, 6.07) is 16.1. The molecule has 2 N–H and O–H groups in total. The minimum atomic E-state index is 0.0448. The second-order valence-corrected chi connectivity index (χ2v) is 6.32. The van der Waals surface area contributed by atoms with Crippen molar-refractivity contribution in [2.45, 2.75) is 26.7 Å². The number of carbonyl (C=O) groups is 1. The maximum atomic E-state index is 12.2. The Morgan fingerprint density at radius 2 is 1.96 bits per heavy atom. The lowest BCUT2D eigenvalue weighted by molar-refractivity contribution is -0.120. The molecule has 0 atom stereocenters. The van der Waals surface area contributed by atoms with Crippen LogP contribution < -0.4 is 10.1 Å². The van der Waals surface area contributed by atoms with Crippen LogP contribution >= 0.6 is 0 Å². The summed E-state index contributed by atoms with van der Waals surface area (Å²) in [5.74, 6) is 0.921. The number of benzene rings is 2. The summed E-state index contributed by atoms with van der Waals surface area (Å²) in [7, 11) is 0. The summed E-state index contributed by atoms with van der Waals surface area (Å²) in [5, 5.41) is 4.10.